The average molecular weight is 386 g/mol. The van der Waals surface area contributed by atoms with Gasteiger partial charge in [0.05, 0.1) is 12.2 Å². The zero-order valence-electron chi connectivity index (χ0n) is 12.0. The molecule has 0 saturated carbocycles. The summed E-state index contributed by atoms with van der Waals surface area (Å²) < 4.78 is 0.775. The number of amides is 3. The lowest BCUT2D eigenvalue weighted by Crippen LogP contribution is -2.41. The Hall–Kier alpha value is -1.54. The fourth-order valence-corrected chi connectivity index (χ4v) is 3.12. The third-order valence-electron chi connectivity index (χ3n) is 3.13. The summed E-state index contributed by atoms with van der Waals surface area (Å²) in [5, 5.41) is 2.65. The molecule has 1 aromatic carbocycles. The highest BCUT2D eigenvalue weighted by Gasteiger charge is 2.25. The van der Waals surface area contributed by atoms with E-state index in [0.29, 0.717) is 18.0 Å². The predicted octanol–water partition coefficient (Wildman–Crippen LogP) is 2.01. The van der Waals surface area contributed by atoms with E-state index in [2.05, 4.69) is 21.2 Å². The van der Waals surface area contributed by atoms with Crippen LogP contribution in [0.2, 0.25) is 0 Å². The minimum atomic E-state index is -0.287. The Morgan fingerprint density at radius 1 is 1.41 bits per heavy atom. The number of halogens is 1. The lowest BCUT2D eigenvalue weighted by atomic mass is 10.3. The Morgan fingerprint density at radius 2 is 2.14 bits per heavy atom. The van der Waals surface area contributed by atoms with Crippen LogP contribution in [-0.4, -0.2) is 59.3 Å². The molecular formula is C14H16BrN3O3S. The molecule has 1 N–H and O–H groups in total. The maximum absolute atomic E-state index is 12.0. The van der Waals surface area contributed by atoms with Gasteiger partial charge in [-0.15, -0.1) is 0 Å². The number of benzene rings is 1. The van der Waals surface area contributed by atoms with Crippen molar-refractivity contribution in [1.82, 2.24) is 9.80 Å². The van der Waals surface area contributed by atoms with Crippen molar-refractivity contribution in [2.45, 2.75) is 0 Å². The molecule has 3 amide bonds. The smallest absolute Gasteiger partial charge is 0.282 e. The lowest BCUT2D eigenvalue weighted by Gasteiger charge is -2.20. The quantitative estimate of drug-likeness (QED) is 0.841. The molecule has 0 atom stereocenters. The van der Waals surface area contributed by atoms with Gasteiger partial charge in [0.2, 0.25) is 11.8 Å². The Kier molecular flexibility index (Phi) is 5.84. The summed E-state index contributed by atoms with van der Waals surface area (Å²) in [7, 11) is 1.55. The molecule has 0 spiro atoms. The molecule has 118 valence electrons. The van der Waals surface area contributed by atoms with Crippen molar-refractivity contribution in [2.24, 2.45) is 0 Å². The van der Waals surface area contributed by atoms with Gasteiger partial charge in [-0.2, -0.15) is 0 Å². The highest BCUT2D eigenvalue weighted by molar-refractivity contribution is 9.10. The van der Waals surface area contributed by atoms with E-state index in [-0.39, 0.29) is 30.1 Å². The molecule has 0 aliphatic carbocycles. The van der Waals surface area contributed by atoms with Crippen LogP contribution in [0, 0.1) is 0 Å². The van der Waals surface area contributed by atoms with Gasteiger partial charge in [0.15, 0.2) is 0 Å². The number of nitrogens with zero attached hydrogens (tertiary/aromatic N) is 2. The molecule has 1 fully saturated rings. The van der Waals surface area contributed by atoms with E-state index in [0.717, 1.165) is 4.47 Å². The van der Waals surface area contributed by atoms with Crippen LogP contribution in [0.25, 0.3) is 0 Å². The fraction of sp³-hybridized carbons (Fsp3) is 0.357. The zero-order chi connectivity index (χ0) is 16.1. The second-order valence-electron chi connectivity index (χ2n) is 4.81. The predicted molar refractivity (Wildman–Crippen MR) is 89.8 cm³/mol. The fourth-order valence-electron chi connectivity index (χ4n) is 1.91. The van der Waals surface area contributed by atoms with Gasteiger partial charge in [-0.1, -0.05) is 23.9 Å². The van der Waals surface area contributed by atoms with E-state index >= 15 is 0 Å². The van der Waals surface area contributed by atoms with E-state index in [1.54, 1.807) is 13.1 Å². The zero-order valence-corrected chi connectivity index (χ0v) is 14.4. The van der Waals surface area contributed by atoms with Crippen molar-refractivity contribution < 1.29 is 14.4 Å². The molecule has 22 heavy (non-hydrogen) atoms. The Morgan fingerprint density at radius 3 is 2.77 bits per heavy atom. The first-order chi connectivity index (χ1) is 10.5. The molecule has 8 heteroatoms. The monoisotopic (exact) mass is 385 g/mol. The van der Waals surface area contributed by atoms with Crippen LogP contribution in [-0.2, 0) is 9.59 Å². The number of likely N-dealkylation sites (N-methyl/N-ethyl adjacent to an activating group) is 1. The van der Waals surface area contributed by atoms with Crippen molar-refractivity contribution in [3.63, 3.8) is 0 Å². The van der Waals surface area contributed by atoms with Crippen molar-refractivity contribution in [1.29, 1.82) is 0 Å². The Balaban J connectivity index is 1.84. The van der Waals surface area contributed by atoms with Gasteiger partial charge in [0.25, 0.3) is 5.24 Å². The van der Waals surface area contributed by atoms with Gasteiger partial charge >= 0.3 is 0 Å². The first-order valence-electron chi connectivity index (χ1n) is 6.67. The van der Waals surface area contributed by atoms with Crippen LogP contribution < -0.4 is 5.32 Å². The topological polar surface area (TPSA) is 69.7 Å². The van der Waals surface area contributed by atoms with E-state index < -0.39 is 0 Å². The highest BCUT2D eigenvalue weighted by atomic mass is 79.9. The summed E-state index contributed by atoms with van der Waals surface area (Å²) in [6.07, 6.45) is 0. The van der Waals surface area contributed by atoms with Crippen LogP contribution in [0.4, 0.5) is 10.5 Å². The first-order valence-corrected chi connectivity index (χ1v) is 8.45. The SMILES string of the molecule is CN(CC(=O)Nc1ccccc1Br)C(=O)CN1CCSC1=O. The largest absolute Gasteiger partial charge is 0.335 e. The third-order valence-corrected chi connectivity index (χ3v) is 4.71. The maximum Gasteiger partial charge on any atom is 0.282 e. The second kappa shape index (κ2) is 7.64. The van der Waals surface area contributed by atoms with Crippen LogP contribution in [0.5, 0.6) is 0 Å². The van der Waals surface area contributed by atoms with Gasteiger partial charge < -0.3 is 15.1 Å². The van der Waals surface area contributed by atoms with Crippen LogP contribution in [0.1, 0.15) is 0 Å². The van der Waals surface area contributed by atoms with Crippen LogP contribution in [0.3, 0.4) is 0 Å². The summed E-state index contributed by atoms with van der Waals surface area (Å²) in [4.78, 5) is 38.3. The van der Waals surface area contributed by atoms with Gasteiger partial charge in [-0.05, 0) is 28.1 Å². The number of carbonyl (C=O) groups is 3. The Labute approximate surface area is 141 Å². The van der Waals surface area contributed by atoms with Crippen molar-refractivity contribution >= 4 is 50.4 Å². The molecular weight excluding hydrogens is 370 g/mol. The molecule has 2 rings (SSSR count). The number of thioether (sulfide) groups is 1. The van der Waals surface area contributed by atoms with Gasteiger partial charge in [0, 0.05) is 23.8 Å². The number of para-hydroxylation sites is 1. The maximum atomic E-state index is 12.0. The normalized spacial score (nSPS) is 14.1. The average Bonchev–Trinajstić information content (AvgIpc) is 2.86. The van der Waals surface area contributed by atoms with Gasteiger partial charge in [-0.3, -0.25) is 14.4 Å². The molecule has 1 heterocycles. The van der Waals surface area contributed by atoms with Crippen molar-refractivity contribution in [3.8, 4) is 0 Å². The van der Waals surface area contributed by atoms with Crippen LogP contribution >= 0.6 is 27.7 Å². The number of hydrogen-bond donors (Lipinski definition) is 1. The molecule has 1 saturated heterocycles. The van der Waals surface area contributed by atoms with E-state index in [4.69, 9.17) is 0 Å². The number of nitrogens with one attached hydrogen (secondary N) is 1. The number of anilines is 1. The molecule has 1 aromatic rings. The van der Waals surface area contributed by atoms with Crippen LogP contribution in [0.15, 0.2) is 28.7 Å². The summed E-state index contributed by atoms with van der Waals surface area (Å²) >= 11 is 4.55. The molecule has 1 aliphatic heterocycles. The van der Waals surface area contributed by atoms with Gasteiger partial charge in [-0.25, -0.2) is 0 Å². The summed E-state index contributed by atoms with van der Waals surface area (Å²) in [6, 6.07) is 7.25. The molecule has 0 bridgehead atoms. The summed E-state index contributed by atoms with van der Waals surface area (Å²) in [6.45, 7) is 0.534. The summed E-state index contributed by atoms with van der Waals surface area (Å²) in [5.74, 6) is 0.168. The first kappa shape index (κ1) is 16.8. The lowest BCUT2D eigenvalue weighted by molar-refractivity contribution is -0.133. The molecule has 1 aliphatic rings. The molecule has 0 aromatic heterocycles. The molecule has 6 nitrogen and oxygen atoms in total. The minimum absolute atomic E-state index is 0.0185. The highest BCUT2D eigenvalue weighted by Crippen LogP contribution is 2.21. The number of hydrogen-bond acceptors (Lipinski definition) is 4. The number of carbonyl (C=O) groups excluding carboxylic acids is 3. The van der Waals surface area contributed by atoms with Gasteiger partial charge in [0.1, 0.15) is 6.54 Å². The minimum Gasteiger partial charge on any atom is -0.335 e. The Bertz CT molecular complexity index is 596. The van der Waals surface area contributed by atoms with E-state index in [9.17, 15) is 14.4 Å². The van der Waals surface area contributed by atoms with E-state index in [1.165, 1.54) is 21.6 Å². The summed E-state index contributed by atoms with van der Waals surface area (Å²) in [5.41, 5.74) is 0.652. The third kappa shape index (κ3) is 4.48. The standard InChI is InChI=1S/C14H16BrN3O3S/c1-17(13(20)9-18-6-7-22-14(18)21)8-12(19)16-11-5-3-2-4-10(11)15/h2-5H,6-9H2,1H3,(H,16,19). The molecule has 0 radical (unpaired) electrons. The van der Waals surface area contributed by atoms with Crippen molar-refractivity contribution in [3.05, 3.63) is 28.7 Å². The molecule has 0 unspecified atom stereocenters. The second-order valence-corrected chi connectivity index (χ2v) is 6.71. The number of rotatable bonds is 5. The van der Waals surface area contributed by atoms with Crippen molar-refractivity contribution in [2.75, 3.05) is 37.8 Å². The van der Waals surface area contributed by atoms with E-state index in [1.807, 2.05) is 18.2 Å².